The summed E-state index contributed by atoms with van der Waals surface area (Å²) >= 11 is 0. The molecule has 0 aromatic rings. The van der Waals surface area contributed by atoms with Crippen LogP contribution in [0.15, 0.2) is 0 Å². The van der Waals surface area contributed by atoms with Crippen LogP contribution in [0.25, 0.3) is 0 Å². The van der Waals surface area contributed by atoms with Crippen molar-refractivity contribution in [2.24, 2.45) is 11.8 Å². The second-order valence-electron chi connectivity index (χ2n) is 5.42. The summed E-state index contributed by atoms with van der Waals surface area (Å²) in [6.07, 6.45) is 9.69. The molecule has 2 heteroatoms. The van der Waals surface area contributed by atoms with Gasteiger partial charge in [0.1, 0.15) is 5.78 Å². The third kappa shape index (κ3) is 3.07. The van der Waals surface area contributed by atoms with E-state index in [1.54, 1.807) is 0 Å². The number of carbonyl (C=O) groups excluding carboxylic acids is 1. The Bertz CT molecular complexity index is 225. The summed E-state index contributed by atoms with van der Waals surface area (Å²) in [6, 6.07) is 0. The Balaban J connectivity index is 1.64. The lowest BCUT2D eigenvalue weighted by Gasteiger charge is -2.35. The molecule has 2 saturated carbocycles. The van der Waals surface area contributed by atoms with E-state index < -0.39 is 0 Å². The van der Waals surface area contributed by atoms with Crippen LogP contribution in [0.2, 0.25) is 0 Å². The maximum Gasteiger partial charge on any atom is 0.136 e. The van der Waals surface area contributed by atoms with Gasteiger partial charge in [-0.2, -0.15) is 0 Å². The summed E-state index contributed by atoms with van der Waals surface area (Å²) < 4.78 is 5.52. The molecule has 0 saturated heterocycles. The van der Waals surface area contributed by atoms with Crippen LogP contribution >= 0.6 is 0 Å². The van der Waals surface area contributed by atoms with Gasteiger partial charge >= 0.3 is 0 Å². The van der Waals surface area contributed by atoms with Crippen molar-refractivity contribution in [3.8, 4) is 0 Å². The van der Waals surface area contributed by atoms with Crippen LogP contribution in [-0.4, -0.2) is 18.5 Å². The highest BCUT2D eigenvalue weighted by Crippen LogP contribution is 2.35. The van der Waals surface area contributed by atoms with Crippen LogP contribution in [-0.2, 0) is 9.53 Å². The first-order chi connectivity index (χ1) is 7.79. The molecular weight excluding hydrogens is 200 g/mol. The fourth-order valence-corrected chi connectivity index (χ4v) is 3.09. The fourth-order valence-electron chi connectivity index (χ4n) is 3.09. The second kappa shape index (κ2) is 5.81. The minimum atomic E-state index is 0.403. The topological polar surface area (TPSA) is 26.3 Å². The molecule has 2 rings (SSSR count). The second-order valence-corrected chi connectivity index (χ2v) is 5.42. The smallest absolute Gasteiger partial charge is 0.136 e. The molecule has 2 aliphatic rings. The zero-order chi connectivity index (χ0) is 11.4. The minimum absolute atomic E-state index is 0.403. The quantitative estimate of drug-likeness (QED) is 0.716. The Kier molecular flexibility index (Phi) is 4.39. The predicted octanol–water partition coefficient (Wildman–Crippen LogP) is 3.34. The van der Waals surface area contributed by atoms with E-state index in [2.05, 4.69) is 0 Å². The van der Waals surface area contributed by atoms with E-state index in [0.717, 1.165) is 38.7 Å². The summed E-state index contributed by atoms with van der Waals surface area (Å²) in [4.78, 5) is 12.0. The molecule has 2 aliphatic carbocycles. The van der Waals surface area contributed by atoms with Gasteiger partial charge in [-0.1, -0.05) is 19.3 Å². The molecule has 0 radical (unpaired) electrons. The van der Waals surface area contributed by atoms with Crippen molar-refractivity contribution in [1.82, 2.24) is 0 Å². The fraction of sp³-hybridized carbons (Fsp3) is 0.929. The zero-order valence-corrected chi connectivity index (χ0v) is 10.4. The maximum atomic E-state index is 12.0. The van der Waals surface area contributed by atoms with Crippen LogP contribution in [0, 0.1) is 11.8 Å². The number of Topliss-reactive ketones (excluding diaryl/α,β-unsaturated/α-hetero) is 1. The molecule has 0 aromatic carbocycles. The van der Waals surface area contributed by atoms with Crippen LogP contribution in [0.4, 0.5) is 0 Å². The van der Waals surface area contributed by atoms with E-state index in [9.17, 15) is 4.79 Å². The molecule has 0 amide bonds. The maximum absolute atomic E-state index is 12.0. The SMILES string of the molecule is CCOC1CC(CC(=O)C2CCCCC2)C1. The highest BCUT2D eigenvalue weighted by molar-refractivity contribution is 5.81. The monoisotopic (exact) mass is 224 g/mol. The van der Waals surface area contributed by atoms with Gasteiger partial charge in [0.15, 0.2) is 0 Å². The lowest BCUT2D eigenvalue weighted by Crippen LogP contribution is -2.34. The Labute approximate surface area is 98.7 Å². The van der Waals surface area contributed by atoms with Gasteiger partial charge in [-0.3, -0.25) is 4.79 Å². The van der Waals surface area contributed by atoms with E-state index in [1.165, 1.54) is 19.3 Å². The molecule has 0 unspecified atom stereocenters. The van der Waals surface area contributed by atoms with Crippen LogP contribution < -0.4 is 0 Å². The lowest BCUT2D eigenvalue weighted by molar-refractivity contribution is -0.127. The molecule has 0 spiro atoms. The van der Waals surface area contributed by atoms with Crippen molar-refractivity contribution in [2.75, 3.05) is 6.61 Å². The van der Waals surface area contributed by atoms with Crippen molar-refractivity contribution < 1.29 is 9.53 Å². The van der Waals surface area contributed by atoms with Gasteiger partial charge in [0, 0.05) is 18.9 Å². The van der Waals surface area contributed by atoms with E-state index in [4.69, 9.17) is 4.74 Å². The molecule has 92 valence electrons. The zero-order valence-electron chi connectivity index (χ0n) is 10.4. The minimum Gasteiger partial charge on any atom is -0.378 e. The van der Waals surface area contributed by atoms with Gasteiger partial charge in [0.2, 0.25) is 0 Å². The van der Waals surface area contributed by atoms with Crippen molar-refractivity contribution in [3.63, 3.8) is 0 Å². The molecule has 16 heavy (non-hydrogen) atoms. The first-order valence-electron chi connectivity index (χ1n) is 6.94. The Morgan fingerprint density at radius 1 is 1.19 bits per heavy atom. The summed E-state index contributed by atoms with van der Waals surface area (Å²) in [5, 5.41) is 0. The van der Waals surface area contributed by atoms with Gasteiger partial charge in [-0.25, -0.2) is 0 Å². The van der Waals surface area contributed by atoms with Crippen molar-refractivity contribution >= 4 is 5.78 Å². The molecule has 0 atom stereocenters. The van der Waals surface area contributed by atoms with Gasteiger partial charge in [0.05, 0.1) is 6.10 Å². The summed E-state index contributed by atoms with van der Waals surface area (Å²) in [7, 11) is 0. The molecule has 0 bridgehead atoms. The average molecular weight is 224 g/mol. The summed E-state index contributed by atoms with van der Waals surface area (Å²) in [6.45, 7) is 2.86. The van der Waals surface area contributed by atoms with Gasteiger partial charge in [-0.15, -0.1) is 0 Å². The van der Waals surface area contributed by atoms with E-state index in [-0.39, 0.29) is 0 Å². The molecule has 0 heterocycles. The van der Waals surface area contributed by atoms with Crippen molar-refractivity contribution in [3.05, 3.63) is 0 Å². The Morgan fingerprint density at radius 2 is 1.88 bits per heavy atom. The first kappa shape index (κ1) is 12.1. The van der Waals surface area contributed by atoms with Crippen LogP contribution in [0.1, 0.15) is 58.3 Å². The molecule has 2 nitrogen and oxygen atoms in total. The predicted molar refractivity (Wildman–Crippen MR) is 64.3 cm³/mol. The van der Waals surface area contributed by atoms with E-state index >= 15 is 0 Å². The molecule has 0 aromatic heterocycles. The normalized spacial score (nSPS) is 31.1. The van der Waals surface area contributed by atoms with Crippen molar-refractivity contribution in [1.29, 1.82) is 0 Å². The molecule has 2 fully saturated rings. The molecule has 0 aliphatic heterocycles. The highest BCUT2D eigenvalue weighted by atomic mass is 16.5. The molecule has 0 N–H and O–H groups in total. The standard InChI is InChI=1S/C14H24O2/c1-2-16-13-8-11(9-13)10-14(15)12-6-4-3-5-7-12/h11-13H,2-10H2,1H3. The number of ketones is 1. The third-order valence-corrected chi connectivity index (χ3v) is 4.15. The van der Waals surface area contributed by atoms with Gasteiger partial charge in [0.25, 0.3) is 0 Å². The number of hydrogen-bond acceptors (Lipinski definition) is 2. The summed E-state index contributed by atoms with van der Waals surface area (Å²) in [5.41, 5.74) is 0. The van der Waals surface area contributed by atoms with E-state index in [1.807, 2.05) is 6.92 Å². The van der Waals surface area contributed by atoms with Crippen molar-refractivity contribution in [2.45, 2.75) is 64.4 Å². The Morgan fingerprint density at radius 3 is 2.50 bits per heavy atom. The lowest BCUT2D eigenvalue weighted by atomic mass is 9.75. The Hall–Kier alpha value is -0.370. The average Bonchev–Trinajstić information content (AvgIpc) is 2.27. The number of hydrogen-bond donors (Lipinski definition) is 0. The highest BCUT2D eigenvalue weighted by Gasteiger charge is 2.33. The summed E-state index contributed by atoms with van der Waals surface area (Å²) in [5.74, 6) is 1.57. The molecular formula is C14H24O2. The van der Waals surface area contributed by atoms with Crippen LogP contribution in [0.3, 0.4) is 0 Å². The first-order valence-corrected chi connectivity index (χ1v) is 6.94. The van der Waals surface area contributed by atoms with Crippen LogP contribution in [0.5, 0.6) is 0 Å². The third-order valence-electron chi connectivity index (χ3n) is 4.15. The number of carbonyl (C=O) groups is 1. The number of ether oxygens (including phenoxy) is 1. The largest absolute Gasteiger partial charge is 0.378 e. The van der Waals surface area contributed by atoms with Gasteiger partial charge in [-0.05, 0) is 38.5 Å². The van der Waals surface area contributed by atoms with Gasteiger partial charge < -0.3 is 4.74 Å². The van der Waals surface area contributed by atoms with E-state index in [0.29, 0.717) is 23.7 Å². The number of rotatable bonds is 5.